The number of hydrogen-bond donors (Lipinski definition) is 2. The number of nitrogens with zero attached hydrogens (tertiary/aromatic N) is 2. The number of amides is 1. The molecule has 1 aliphatic rings. The first kappa shape index (κ1) is 17.4. The number of carbonyl (C=O) groups is 1. The van der Waals surface area contributed by atoms with E-state index in [0.29, 0.717) is 31.6 Å². The molecule has 0 saturated heterocycles. The minimum atomic E-state index is -0.271. The fourth-order valence-electron chi connectivity index (χ4n) is 3.12. The highest BCUT2D eigenvalue weighted by atomic mass is 16.5. The highest BCUT2D eigenvalue weighted by Crippen LogP contribution is 2.38. The molecule has 0 spiro atoms. The maximum absolute atomic E-state index is 12.4. The van der Waals surface area contributed by atoms with Crippen molar-refractivity contribution in [3.63, 3.8) is 0 Å². The molecular weight excluding hydrogens is 318 g/mol. The van der Waals surface area contributed by atoms with Crippen LogP contribution in [0.5, 0.6) is 5.88 Å². The van der Waals surface area contributed by atoms with Gasteiger partial charge in [-0.25, -0.2) is 4.98 Å². The molecule has 0 bridgehead atoms. The van der Waals surface area contributed by atoms with Crippen molar-refractivity contribution in [2.75, 3.05) is 7.11 Å². The molecule has 25 heavy (non-hydrogen) atoms. The maximum atomic E-state index is 12.4. The average Bonchev–Trinajstić information content (AvgIpc) is 2.63. The predicted molar refractivity (Wildman–Crippen MR) is 93.0 cm³/mol. The summed E-state index contributed by atoms with van der Waals surface area (Å²) in [5.74, 6) is 0.772. The summed E-state index contributed by atoms with van der Waals surface area (Å²) in [4.78, 5) is 20.6. The molecule has 2 heterocycles. The van der Waals surface area contributed by atoms with Gasteiger partial charge < -0.3 is 15.2 Å². The van der Waals surface area contributed by atoms with E-state index in [2.05, 4.69) is 15.3 Å². The lowest BCUT2D eigenvalue weighted by Crippen LogP contribution is -2.41. The van der Waals surface area contributed by atoms with Gasteiger partial charge in [0.25, 0.3) is 0 Å². The Bertz CT molecular complexity index is 685. The first-order valence-corrected chi connectivity index (χ1v) is 8.52. The Balaban J connectivity index is 1.63. The monoisotopic (exact) mass is 341 g/mol. The van der Waals surface area contributed by atoms with Crippen LogP contribution in [0.4, 0.5) is 0 Å². The van der Waals surface area contributed by atoms with Crippen LogP contribution in [0, 0.1) is 5.92 Å². The first-order valence-electron chi connectivity index (χ1n) is 8.52. The van der Waals surface area contributed by atoms with Crippen molar-refractivity contribution in [1.82, 2.24) is 15.3 Å². The normalized spacial score (nSPS) is 20.4. The van der Waals surface area contributed by atoms with E-state index in [1.54, 1.807) is 31.8 Å². The Morgan fingerprint density at radius 1 is 1.32 bits per heavy atom. The molecule has 6 heteroatoms. The topological polar surface area (TPSA) is 84.3 Å². The highest BCUT2D eigenvalue weighted by molar-refractivity contribution is 5.76. The third-order valence-electron chi connectivity index (χ3n) is 4.66. The summed E-state index contributed by atoms with van der Waals surface area (Å²) in [5.41, 5.74) is 2.03. The van der Waals surface area contributed by atoms with Crippen LogP contribution >= 0.6 is 0 Å². The number of aryl methyl sites for hydroxylation is 1. The second-order valence-electron chi connectivity index (χ2n) is 6.42. The number of methoxy groups -OCH3 is 1. The zero-order chi connectivity index (χ0) is 17.6. The lowest BCUT2D eigenvalue weighted by Gasteiger charge is -2.38. The molecule has 0 aromatic carbocycles. The fourth-order valence-corrected chi connectivity index (χ4v) is 3.12. The number of hydrogen-bond acceptors (Lipinski definition) is 5. The van der Waals surface area contributed by atoms with Gasteiger partial charge in [-0.2, -0.15) is 0 Å². The molecule has 3 rings (SSSR count). The number of rotatable bonds is 7. The zero-order valence-corrected chi connectivity index (χ0v) is 14.3. The molecular formula is C19H23N3O3. The Labute approximate surface area is 147 Å². The van der Waals surface area contributed by atoms with Gasteiger partial charge >= 0.3 is 0 Å². The molecule has 2 aromatic heterocycles. The van der Waals surface area contributed by atoms with Crippen LogP contribution in [-0.2, 0) is 11.2 Å². The van der Waals surface area contributed by atoms with Crippen molar-refractivity contribution < 1.29 is 14.6 Å². The third-order valence-corrected chi connectivity index (χ3v) is 4.66. The minimum absolute atomic E-state index is 0.000907. The molecule has 0 aliphatic heterocycles. The van der Waals surface area contributed by atoms with Crippen molar-refractivity contribution in [3.05, 3.63) is 54.0 Å². The molecule has 6 nitrogen and oxygen atoms in total. The number of aromatic nitrogens is 2. The summed E-state index contributed by atoms with van der Waals surface area (Å²) in [7, 11) is 1.57. The molecule has 0 radical (unpaired) electrons. The summed E-state index contributed by atoms with van der Waals surface area (Å²) >= 11 is 0. The van der Waals surface area contributed by atoms with Crippen LogP contribution in [0.3, 0.4) is 0 Å². The summed E-state index contributed by atoms with van der Waals surface area (Å²) in [6.07, 6.45) is 7.41. The molecule has 0 unspecified atom stereocenters. The second kappa shape index (κ2) is 8.07. The van der Waals surface area contributed by atoms with Gasteiger partial charge in [0.05, 0.1) is 19.3 Å². The van der Waals surface area contributed by atoms with Gasteiger partial charge in [-0.3, -0.25) is 9.78 Å². The number of aliphatic hydroxyl groups excluding tert-OH is 1. The summed E-state index contributed by atoms with van der Waals surface area (Å²) < 4.78 is 5.09. The summed E-state index contributed by atoms with van der Waals surface area (Å²) in [6, 6.07) is 7.41. The molecule has 2 aromatic rings. The SMILES string of the molecule is COc1ccc([C@H](NC(=O)CCc2ccncc2)C2CC(O)C2)cn1. The van der Waals surface area contributed by atoms with Gasteiger partial charge in [-0.05, 0) is 48.4 Å². The van der Waals surface area contributed by atoms with Crippen LogP contribution in [0.15, 0.2) is 42.9 Å². The number of aliphatic hydroxyl groups is 1. The van der Waals surface area contributed by atoms with Crippen molar-refractivity contribution in [2.24, 2.45) is 5.92 Å². The lowest BCUT2D eigenvalue weighted by atomic mass is 9.75. The van der Waals surface area contributed by atoms with Crippen LogP contribution < -0.4 is 10.1 Å². The van der Waals surface area contributed by atoms with E-state index in [1.165, 1.54) is 0 Å². The van der Waals surface area contributed by atoms with Gasteiger partial charge in [-0.15, -0.1) is 0 Å². The minimum Gasteiger partial charge on any atom is -0.481 e. The van der Waals surface area contributed by atoms with Gasteiger partial charge in [0.1, 0.15) is 0 Å². The van der Waals surface area contributed by atoms with Crippen LogP contribution in [0.2, 0.25) is 0 Å². The average molecular weight is 341 g/mol. The van der Waals surface area contributed by atoms with Crippen LogP contribution in [-0.4, -0.2) is 34.2 Å². The predicted octanol–water partition coefficient (Wildman–Crippen LogP) is 2.05. The lowest BCUT2D eigenvalue weighted by molar-refractivity contribution is -0.123. The van der Waals surface area contributed by atoms with Crippen molar-refractivity contribution >= 4 is 5.91 Å². The van der Waals surface area contributed by atoms with E-state index >= 15 is 0 Å². The van der Waals surface area contributed by atoms with Gasteiger partial charge in [0.15, 0.2) is 0 Å². The smallest absolute Gasteiger partial charge is 0.220 e. The van der Waals surface area contributed by atoms with Gasteiger partial charge in [0.2, 0.25) is 11.8 Å². The standard InChI is InChI=1S/C19H23N3O3/c1-25-18-5-3-14(12-21-18)19(15-10-16(23)11-15)22-17(24)4-2-13-6-8-20-9-7-13/h3,5-9,12,15-16,19,23H,2,4,10-11H2,1H3,(H,22,24)/t15?,16?,19-/m0/s1. The Kier molecular flexibility index (Phi) is 5.60. The maximum Gasteiger partial charge on any atom is 0.220 e. The Morgan fingerprint density at radius 2 is 2.08 bits per heavy atom. The summed E-state index contributed by atoms with van der Waals surface area (Å²) in [6.45, 7) is 0. The highest BCUT2D eigenvalue weighted by Gasteiger charge is 2.35. The quantitative estimate of drug-likeness (QED) is 0.805. The van der Waals surface area contributed by atoms with Crippen molar-refractivity contribution in [3.8, 4) is 5.88 Å². The van der Waals surface area contributed by atoms with Gasteiger partial charge in [-0.1, -0.05) is 6.07 Å². The molecule has 2 N–H and O–H groups in total. The Morgan fingerprint density at radius 3 is 2.68 bits per heavy atom. The molecule has 1 amide bonds. The van der Waals surface area contributed by atoms with E-state index in [9.17, 15) is 9.90 Å². The van der Waals surface area contributed by atoms with Crippen LogP contribution in [0.25, 0.3) is 0 Å². The number of nitrogens with one attached hydrogen (secondary N) is 1. The van der Waals surface area contributed by atoms with E-state index in [-0.39, 0.29) is 24.0 Å². The second-order valence-corrected chi connectivity index (χ2v) is 6.42. The van der Waals surface area contributed by atoms with E-state index < -0.39 is 0 Å². The number of carbonyl (C=O) groups excluding carboxylic acids is 1. The molecule has 132 valence electrons. The van der Waals surface area contributed by atoms with E-state index in [4.69, 9.17) is 4.74 Å². The summed E-state index contributed by atoms with van der Waals surface area (Å²) in [5, 5.41) is 12.7. The third kappa shape index (κ3) is 4.54. The molecule has 1 atom stereocenters. The van der Waals surface area contributed by atoms with Crippen molar-refractivity contribution in [2.45, 2.75) is 37.8 Å². The van der Waals surface area contributed by atoms with Crippen molar-refractivity contribution in [1.29, 1.82) is 0 Å². The van der Waals surface area contributed by atoms with Gasteiger partial charge in [0, 0.05) is 31.1 Å². The zero-order valence-electron chi connectivity index (χ0n) is 14.3. The van der Waals surface area contributed by atoms with E-state index in [1.807, 2.05) is 18.2 Å². The van der Waals surface area contributed by atoms with Crippen LogP contribution in [0.1, 0.15) is 36.4 Å². The first-order chi connectivity index (χ1) is 12.2. The van der Waals surface area contributed by atoms with E-state index in [0.717, 1.165) is 11.1 Å². The molecule has 1 saturated carbocycles. The molecule has 1 fully saturated rings. The number of ether oxygens (including phenoxy) is 1. The Hall–Kier alpha value is -2.47. The number of pyridine rings is 2. The largest absolute Gasteiger partial charge is 0.481 e. The molecule has 1 aliphatic carbocycles. The fraction of sp³-hybridized carbons (Fsp3) is 0.421.